The first-order valence-corrected chi connectivity index (χ1v) is 4.29. The second-order valence-corrected chi connectivity index (χ2v) is 4.11. The van der Waals surface area contributed by atoms with E-state index >= 15 is 0 Å². The topological polar surface area (TPSA) is 0 Å². The van der Waals surface area contributed by atoms with Crippen molar-refractivity contribution in [1.29, 1.82) is 0 Å². The molecule has 0 N–H and O–H groups in total. The highest BCUT2D eigenvalue weighted by molar-refractivity contribution is 4.97. The highest BCUT2D eigenvalue weighted by atomic mass is 14.5. The first-order valence-electron chi connectivity index (χ1n) is 4.29. The first kappa shape index (κ1) is 5.76. The predicted octanol–water partition coefficient (Wildman–Crippen LogP) is 2.69. The monoisotopic (exact) mass is 124 g/mol. The molecule has 0 aromatic heterocycles. The van der Waals surface area contributed by atoms with Gasteiger partial charge in [0.25, 0.3) is 0 Å². The van der Waals surface area contributed by atoms with Gasteiger partial charge in [0, 0.05) is 0 Å². The Morgan fingerprint density at radius 2 is 1.78 bits per heavy atom. The van der Waals surface area contributed by atoms with E-state index in [2.05, 4.69) is 13.8 Å². The van der Waals surface area contributed by atoms with Gasteiger partial charge in [-0.3, -0.25) is 0 Å². The average molecular weight is 124 g/mol. The molecule has 2 fully saturated rings. The summed E-state index contributed by atoms with van der Waals surface area (Å²) < 4.78 is 0. The maximum atomic E-state index is 2.42. The maximum Gasteiger partial charge on any atom is -0.0352 e. The van der Waals surface area contributed by atoms with Crippen molar-refractivity contribution in [2.75, 3.05) is 0 Å². The molecular formula is C9H16. The normalized spacial score (nSPS) is 56.7. The molecule has 0 amide bonds. The van der Waals surface area contributed by atoms with Crippen molar-refractivity contribution in [1.82, 2.24) is 0 Å². The minimum Gasteiger partial charge on any atom is -0.0625 e. The summed E-state index contributed by atoms with van der Waals surface area (Å²) >= 11 is 0. The summed E-state index contributed by atoms with van der Waals surface area (Å²) in [6.45, 7) is 4.83. The largest absolute Gasteiger partial charge is 0.0625 e. The molecule has 0 radical (unpaired) electrons. The van der Waals surface area contributed by atoms with Crippen molar-refractivity contribution in [3.8, 4) is 0 Å². The van der Waals surface area contributed by atoms with Crippen LogP contribution in [0.5, 0.6) is 0 Å². The zero-order chi connectivity index (χ0) is 6.43. The lowest BCUT2D eigenvalue weighted by atomic mass is 9.91. The lowest BCUT2D eigenvalue weighted by molar-refractivity contribution is 0.368. The summed E-state index contributed by atoms with van der Waals surface area (Å²) in [5.74, 6) is 4.43. The molecule has 0 saturated heterocycles. The van der Waals surface area contributed by atoms with Gasteiger partial charge in [-0.1, -0.05) is 20.3 Å². The van der Waals surface area contributed by atoms with Crippen molar-refractivity contribution in [3.63, 3.8) is 0 Å². The van der Waals surface area contributed by atoms with Crippen molar-refractivity contribution < 1.29 is 0 Å². The van der Waals surface area contributed by atoms with E-state index in [1.165, 1.54) is 19.3 Å². The second kappa shape index (κ2) is 1.74. The third-order valence-electron chi connectivity index (χ3n) is 3.43. The van der Waals surface area contributed by atoms with E-state index in [9.17, 15) is 0 Å². The molecule has 2 rings (SSSR count). The standard InChI is InChI=1S/C9H16/c1-6-3-4-8-7(2)9(8)5-6/h6-9H,3-5H2,1-2H3. The van der Waals surface area contributed by atoms with Crippen LogP contribution in [0.1, 0.15) is 33.1 Å². The van der Waals surface area contributed by atoms with Gasteiger partial charge in [-0.2, -0.15) is 0 Å². The summed E-state index contributed by atoms with van der Waals surface area (Å²) in [6, 6.07) is 0. The van der Waals surface area contributed by atoms with Crippen LogP contribution in [-0.2, 0) is 0 Å². The predicted molar refractivity (Wildman–Crippen MR) is 39.2 cm³/mol. The van der Waals surface area contributed by atoms with Gasteiger partial charge in [-0.05, 0) is 36.5 Å². The van der Waals surface area contributed by atoms with Gasteiger partial charge in [-0.15, -0.1) is 0 Å². The van der Waals surface area contributed by atoms with Crippen LogP contribution < -0.4 is 0 Å². The smallest absolute Gasteiger partial charge is 0.0352 e. The van der Waals surface area contributed by atoms with Gasteiger partial charge in [0.05, 0.1) is 0 Å². The van der Waals surface area contributed by atoms with Crippen LogP contribution in [0.3, 0.4) is 0 Å². The van der Waals surface area contributed by atoms with Crippen molar-refractivity contribution in [2.45, 2.75) is 33.1 Å². The van der Waals surface area contributed by atoms with Gasteiger partial charge in [0.1, 0.15) is 0 Å². The molecule has 0 heterocycles. The fraction of sp³-hybridized carbons (Fsp3) is 1.00. The van der Waals surface area contributed by atoms with Crippen molar-refractivity contribution in [3.05, 3.63) is 0 Å². The molecule has 4 unspecified atom stereocenters. The molecule has 0 spiro atoms. The molecule has 0 nitrogen and oxygen atoms in total. The lowest BCUT2D eigenvalue weighted by Gasteiger charge is -2.15. The van der Waals surface area contributed by atoms with Crippen molar-refractivity contribution in [2.24, 2.45) is 23.7 Å². The molecule has 2 aliphatic carbocycles. The van der Waals surface area contributed by atoms with Gasteiger partial charge < -0.3 is 0 Å². The second-order valence-electron chi connectivity index (χ2n) is 4.11. The maximum absolute atomic E-state index is 2.42. The van der Waals surface area contributed by atoms with Crippen LogP contribution in [-0.4, -0.2) is 0 Å². The van der Waals surface area contributed by atoms with Gasteiger partial charge in [-0.25, -0.2) is 0 Å². The Bertz CT molecular complexity index is 117. The van der Waals surface area contributed by atoms with Crippen LogP contribution >= 0.6 is 0 Å². The number of hydrogen-bond donors (Lipinski definition) is 0. The average Bonchev–Trinajstić information content (AvgIpc) is 2.43. The van der Waals surface area contributed by atoms with E-state index in [0.29, 0.717) is 0 Å². The minimum atomic E-state index is 1.04. The first-order chi connectivity index (χ1) is 4.29. The molecule has 52 valence electrons. The Hall–Kier alpha value is 0. The van der Waals surface area contributed by atoms with Gasteiger partial charge in [0.15, 0.2) is 0 Å². The van der Waals surface area contributed by atoms with E-state index in [1.807, 2.05) is 0 Å². The number of hydrogen-bond acceptors (Lipinski definition) is 0. The van der Waals surface area contributed by atoms with Crippen LogP contribution in [0.25, 0.3) is 0 Å². The van der Waals surface area contributed by atoms with E-state index < -0.39 is 0 Å². The lowest BCUT2D eigenvalue weighted by Crippen LogP contribution is -2.03. The minimum absolute atomic E-state index is 1.04. The summed E-state index contributed by atoms with van der Waals surface area (Å²) in [5.41, 5.74) is 0. The molecule has 0 aromatic carbocycles. The molecule has 4 atom stereocenters. The summed E-state index contributed by atoms with van der Waals surface area (Å²) in [6.07, 6.45) is 4.57. The molecule has 0 aromatic rings. The third kappa shape index (κ3) is 0.798. The SMILES string of the molecule is CC1CCC2C(C)C2C1. The summed E-state index contributed by atoms with van der Waals surface area (Å²) in [5, 5.41) is 0. The fourth-order valence-corrected chi connectivity index (χ4v) is 2.56. The van der Waals surface area contributed by atoms with Crippen LogP contribution in [0, 0.1) is 23.7 Å². The number of rotatable bonds is 0. The fourth-order valence-electron chi connectivity index (χ4n) is 2.56. The zero-order valence-electron chi connectivity index (χ0n) is 6.43. The summed E-state index contributed by atoms with van der Waals surface area (Å²) in [7, 11) is 0. The van der Waals surface area contributed by atoms with E-state index in [4.69, 9.17) is 0 Å². The third-order valence-corrected chi connectivity index (χ3v) is 3.43. The van der Waals surface area contributed by atoms with Crippen LogP contribution in [0.4, 0.5) is 0 Å². The molecule has 0 bridgehead atoms. The quantitative estimate of drug-likeness (QED) is 0.465. The number of fused-ring (bicyclic) bond motifs is 1. The summed E-state index contributed by atoms with van der Waals surface area (Å²) in [4.78, 5) is 0. The molecule has 2 aliphatic rings. The Morgan fingerprint density at radius 1 is 1.00 bits per heavy atom. The highest BCUT2D eigenvalue weighted by Crippen LogP contribution is 2.56. The molecular weight excluding hydrogens is 108 g/mol. The van der Waals surface area contributed by atoms with E-state index in [0.717, 1.165) is 23.7 Å². The van der Waals surface area contributed by atoms with Gasteiger partial charge in [0.2, 0.25) is 0 Å². The van der Waals surface area contributed by atoms with Crippen LogP contribution in [0.2, 0.25) is 0 Å². The van der Waals surface area contributed by atoms with E-state index in [1.54, 1.807) is 0 Å². The highest BCUT2D eigenvalue weighted by Gasteiger charge is 2.48. The molecule has 0 aliphatic heterocycles. The zero-order valence-corrected chi connectivity index (χ0v) is 6.43. The Kier molecular flexibility index (Phi) is 1.12. The van der Waals surface area contributed by atoms with Gasteiger partial charge >= 0.3 is 0 Å². The van der Waals surface area contributed by atoms with Crippen molar-refractivity contribution >= 4 is 0 Å². The van der Waals surface area contributed by atoms with Crippen LogP contribution in [0.15, 0.2) is 0 Å². The Morgan fingerprint density at radius 3 is 2.33 bits per heavy atom. The Balaban J connectivity index is 1.96. The molecule has 9 heavy (non-hydrogen) atoms. The van der Waals surface area contributed by atoms with E-state index in [-0.39, 0.29) is 0 Å². The molecule has 2 saturated carbocycles. The Labute approximate surface area is 57.6 Å². The molecule has 0 heteroatoms.